The van der Waals surface area contributed by atoms with Crippen LogP contribution in [-0.2, 0) is 11.2 Å². The molecule has 1 amide bonds. The molecule has 6 heteroatoms. The van der Waals surface area contributed by atoms with Crippen LogP contribution in [0.4, 0.5) is 0 Å². The van der Waals surface area contributed by atoms with E-state index < -0.39 is 0 Å². The molecule has 0 heterocycles. The Morgan fingerprint density at radius 2 is 1.96 bits per heavy atom. The van der Waals surface area contributed by atoms with Crippen LogP contribution in [-0.4, -0.2) is 26.3 Å². The van der Waals surface area contributed by atoms with E-state index in [1.54, 1.807) is 26.5 Å². The number of carbonyl (C=O) groups is 1. The summed E-state index contributed by atoms with van der Waals surface area (Å²) in [6, 6.07) is 9.79. The van der Waals surface area contributed by atoms with Crippen LogP contribution in [0.5, 0.6) is 11.5 Å². The van der Waals surface area contributed by atoms with Crippen molar-refractivity contribution in [3.05, 3.63) is 56.2 Å². The Labute approximate surface area is 161 Å². The van der Waals surface area contributed by atoms with Crippen molar-refractivity contribution < 1.29 is 14.3 Å². The van der Waals surface area contributed by atoms with Crippen molar-refractivity contribution in [2.24, 2.45) is 5.10 Å². The average molecular weight is 452 g/mol. The van der Waals surface area contributed by atoms with Gasteiger partial charge in [-0.1, -0.05) is 23.8 Å². The number of nitrogens with one attached hydrogen (secondary N) is 1. The molecule has 0 radical (unpaired) electrons. The lowest BCUT2D eigenvalue weighted by Gasteiger charge is -2.10. The number of hydrogen-bond donors (Lipinski definition) is 1. The second-order valence-corrected chi connectivity index (χ2v) is 6.80. The van der Waals surface area contributed by atoms with Crippen LogP contribution in [0.25, 0.3) is 0 Å². The van der Waals surface area contributed by atoms with Gasteiger partial charge in [-0.3, -0.25) is 4.79 Å². The number of halogens is 1. The Bertz CT molecular complexity index is 803. The van der Waals surface area contributed by atoms with Gasteiger partial charge >= 0.3 is 0 Å². The maximum absolute atomic E-state index is 12.1. The zero-order chi connectivity index (χ0) is 18.4. The molecule has 1 N–H and O–H groups in total. The van der Waals surface area contributed by atoms with Crippen molar-refractivity contribution in [1.29, 1.82) is 0 Å². The minimum atomic E-state index is -0.153. The molecular weight excluding hydrogens is 431 g/mol. The first-order valence-corrected chi connectivity index (χ1v) is 8.82. The van der Waals surface area contributed by atoms with Crippen molar-refractivity contribution in [1.82, 2.24) is 5.43 Å². The Morgan fingerprint density at radius 1 is 1.20 bits per heavy atom. The Kier molecular flexibility index (Phi) is 6.81. The maximum atomic E-state index is 12.1. The van der Waals surface area contributed by atoms with Crippen molar-refractivity contribution in [3.8, 4) is 11.5 Å². The summed E-state index contributed by atoms with van der Waals surface area (Å²) in [4.78, 5) is 12.1. The normalized spacial score (nSPS) is 10.8. The number of amides is 1. The van der Waals surface area contributed by atoms with Gasteiger partial charge in [0.2, 0.25) is 5.91 Å². The van der Waals surface area contributed by atoms with E-state index in [0.29, 0.717) is 17.9 Å². The third kappa shape index (κ3) is 5.19. The average Bonchev–Trinajstić information content (AvgIpc) is 2.57. The molecule has 25 heavy (non-hydrogen) atoms. The lowest BCUT2D eigenvalue weighted by atomic mass is 10.0. The van der Waals surface area contributed by atoms with Crippen LogP contribution in [0.1, 0.15) is 22.3 Å². The SMILES string of the molecule is COc1cc(/C=N/NC(=O)Cc2cc(C)ccc2C)cc(I)c1OC. The quantitative estimate of drug-likeness (QED) is 0.414. The van der Waals surface area contributed by atoms with Crippen molar-refractivity contribution in [2.75, 3.05) is 14.2 Å². The molecule has 0 atom stereocenters. The number of aryl methyl sites for hydroxylation is 2. The number of carbonyl (C=O) groups excluding carboxylic acids is 1. The second-order valence-electron chi connectivity index (χ2n) is 5.64. The first-order valence-electron chi connectivity index (χ1n) is 7.74. The fourth-order valence-corrected chi connectivity index (χ4v) is 3.24. The number of methoxy groups -OCH3 is 2. The van der Waals surface area contributed by atoms with Gasteiger partial charge in [0.1, 0.15) is 0 Å². The van der Waals surface area contributed by atoms with Gasteiger partial charge in [0, 0.05) is 0 Å². The van der Waals surface area contributed by atoms with Crippen molar-refractivity contribution in [3.63, 3.8) is 0 Å². The van der Waals surface area contributed by atoms with Crippen molar-refractivity contribution >= 4 is 34.7 Å². The van der Waals surface area contributed by atoms with Gasteiger partial charge < -0.3 is 9.47 Å². The zero-order valence-electron chi connectivity index (χ0n) is 14.7. The molecule has 132 valence electrons. The van der Waals surface area contributed by atoms with Crippen LogP contribution >= 0.6 is 22.6 Å². The first-order chi connectivity index (χ1) is 11.9. The third-order valence-corrected chi connectivity index (χ3v) is 4.52. The van der Waals surface area contributed by atoms with Crippen molar-refractivity contribution in [2.45, 2.75) is 20.3 Å². The summed E-state index contributed by atoms with van der Waals surface area (Å²) >= 11 is 2.17. The Balaban J connectivity index is 2.04. The van der Waals surface area contributed by atoms with Crippen LogP contribution in [0.15, 0.2) is 35.4 Å². The monoisotopic (exact) mass is 452 g/mol. The lowest BCUT2D eigenvalue weighted by Crippen LogP contribution is -2.20. The van der Waals surface area contributed by atoms with E-state index in [-0.39, 0.29) is 5.91 Å². The number of rotatable bonds is 6. The molecular formula is C19H21IN2O3. The summed E-state index contributed by atoms with van der Waals surface area (Å²) in [5.74, 6) is 1.15. The largest absolute Gasteiger partial charge is 0.493 e. The topological polar surface area (TPSA) is 59.9 Å². The maximum Gasteiger partial charge on any atom is 0.244 e. The highest BCUT2D eigenvalue weighted by Gasteiger charge is 2.10. The summed E-state index contributed by atoms with van der Waals surface area (Å²) in [7, 11) is 3.18. The smallest absolute Gasteiger partial charge is 0.244 e. The highest BCUT2D eigenvalue weighted by molar-refractivity contribution is 14.1. The fraction of sp³-hybridized carbons (Fsp3) is 0.263. The highest BCUT2D eigenvalue weighted by Crippen LogP contribution is 2.32. The van der Waals surface area contributed by atoms with E-state index in [2.05, 4.69) is 33.1 Å². The van der Waals surface area contributed by atoms with Gasteiger partial charge in [0.05, 0.1) is 30.4 Å². The minimum absolute atomic E-state index is 0.153. The van der Waals surface area contributed by atoms with E-state index in [4.69, 9.17) is 9.47 Å². The summed E-state index contributed by atoms with van der Waals surface area (Å²) in [5.41, 5.74) is 6.62. The molecule has 5 nitrogen and oxygen atoms in total. The number of benzene rings is 2. The third-order valence-electron chi connectivity index (χ3n) is 3.71. The second kappa shape index (κ2) is 8.84. The molecule has 0 aliphatic heterocycles. The predicted octanol–water partition coefficient (Wildman–Crippen LogP) is 3.62. The zero-order valence-corrected chi connectivity index (χ0v) is 16.9. The van der Waals surface area contributed by atoms with E-state index >= 15 is 0 Å². The van der Waals surface area contributed by atoms with Crippen LogP contribution in [0.3, 0.4) is 0 Å². The molecule has 0 saturated heterocycles. The number of nitrogens with zero attached hydrogens (tertiary/aromatic N) is 1. The first kappa shape index (κ1) is 19.2. The van der Waals surface area contributed by atoms with Gasteiger partial charge in [-0.2, -0.15) is 5.10 Å². The highest BCUT2D eigenvalue weighted by atomic mass is 127. The van der Waals surface area contributed by atoms with E-state index in [9.17, 15) is 4.79 Å². The molecule has 0 fully saturated rings. The predicted molar refractivity (Wildman–Crippen MR) is 108 cm³/mol. The number of hydrazone groups is 1. The molecule has 0 spiro atoms. The Morgan fingerprint density at radius 3 is 2.64 bits per heavy atom. The summed E-state index contributed by atoms with van der Waals surface area (Å²) in [6.45, 7) is 4.01. The molecule has 0 aromatic heterocycles. The van der Waals surface area contributed by atoms with Gasteiger partial charge in [-0.25, -0.2) is 5.43 Å². The number of ether oxygens (including phenoxy) is 2. The summed E-state index contributed by atoms with van der Waals surface area (Å²) in [5, 5.41) is 4.04. The van der Waals surface area contributed by atoms with Gasteiger partial charge in [-0.15, -0.1) is 0 Å². The summed E-state index contributed by atoms with van der Waals surface area (Å²) in [6.07, 6.45) is 1.89. The van der Waals surface area contributed by atoms with Gasteiger partial charge in [0.15, 0.2) is 11.5 Å². The standard InChI is InChI=1S/C19H21IN2O3/c1-12-5-6-13(2)15(7-12)10-18(23)22-21-11-14-8-16(20)19(25-4)17(9-14)24-3/h5-9,11H,10H2,1-4H3,(H,22,23)/b21-11+. The molecule has 2 rings (SSSR count). The van der Waals surface area contributed by atoms with E-state index in [1.165, 1.54) is 0 Å². The minimum Gasteiger partial charge on any atom is -0.493 e. The van der Waals surface area contributed by atoms with E-state index in [1.807, 2.05) is 38.1 Å². The lowest BCUT2D eigenvalue weighted by molar-refractivity contribution is -0.120. The van der Waals surface area contributed by atoms with Gasteiger partial charge in [0.25, 0.3) is 0 Å². The van der Waals surface area contributed by atoms with Gasteiger partial charge in [-0.05, 0) is 65.3 Å². The molecule has 0 unspecified atom stereocenters. The molecule has 0 aliphatic rings. The van der Waals surface area contributed by atoms with Crippen LogP contribution in [0, 0.1) is 17.4 Å². The van der Waals surface area contributed by atoms with Crippen LogP contribution < -0.4 is 14.9 Å². The fourth-order valence-electron chi connectivity index (χ4n) is 2.39. The Hall–Kier alpha value is -2.09. The molecule has 0 saturated carbocycles. The van der Waals surface area contributed by atoms with Crippen LogP contribution in [0.2, 0.25) is 0 Å². The number of hydrogen-bond acceptors (Lipinski definition) is 4. The molecule has 0 aliphatic carbocycles. The molecule has 2 aromatic carbocycles. The van der Waals surface area contributed by atoms with E-state index in [0.717, 1.165) is 25.8 Å². The molecule has 2 aromatic rings. The molecule has 0 bridgehead atoms. The summed E-state index contributed by atoms with van der Waals surface area (Å²) < 4.78 is 11.5.